The van der Waals surface area contributed by atoms with Crippen LogP contribution in [-0.2, 0) is 13.1 Å². The van der Waals surface area contributed by atoms with Crippen LogP contribution in [0.3, 0.4) is 0 Å². The van der Waals surface area contributed by atoms with Crippen molar-refractivity contribution >= 4 is 16.9 Å². The van der Waals surface area contributed by atoms with Crippen molar-refractivity contribution in [3.8, 4) is 12.1 Å². The third kappa shape index (κ3) is 4.90. The molecule has 3 heterocycles. The predicted octanol–water partition coefficient (Wildman–Crippen LogP) is 4.56. The van der Waals surface area contributed by atoms with Gasteiger partial charge in [-0.25, -0.2) is 4.39 Å². The summed E-state index contributed by atoms with van der Waals surface area (Å²) in [5.74, 6) is 0.454. The zero-order chi connectivity index (χ0) is 23.5. The molecule has 0 amide bonds. The number of likely N-dealkylation sites (tertiary alicyclic amines) is 1. The maximum absolute atomic E-state index is 13.3. The van der Waals surface area contributed by atoms with E-state index in [1.807, 2.05) is 4.57 Å². The van der Waals surface area contributed by atoms with Crippen LogP contribution in [0.2, 0.25) is 0 Å². The van der Waals surface area contributed by atoms with Gasteiger partial charge in [0.15, 0.2) is 5.65 Å². The number of aromatic nitrogens is 3. The summed E-state index contributed by atoms with van der Waals surface area (Å²) in [6.07, 6.45) is 6.01. The van der Waals surface area contributed by atoms with Gasteiger partial charge in [-0.3, -0.25) is 4.90 Å². The topological polar surface area (TPSA) is 93.0 Å². The number of nitrogens with two attached hydrogens (primary N) is 1. The van der Waals surface area contributed by atoms with E-state index in [2.05, 4.69) is 45.2 Å². The third-order valence-electron chi connectivity index (χ3n) is 6.76. The number of halogens is 1. The fourth-order valence-electron chi connectivity index (χ4n) is 4.78. The second-order valence-corrected chi connectivity index (χ2v) is 9.26. The van der Waals surface area contributed by atoms with E-state index in [0.717, 1.165) is 18.5 Å². The summed E-state index contributed by atoms with van der Waals surface area (Å²) in [4.78, 5) is 11.3. The van der Waals surface area contributed by atoms with Crippen molar-refractivity contribution in [1.82, 2.24) is 19.4 Å². The van der Waals surface area contributed by atoms with Gasteiger partial charge in [-0.15, -0.1) is 0 Å². The molecular weight excluding hydrogens is 431 g/mol. The van der Waals surface area contributed by atoms with Crippen molar-refractivity contribution < 1.29 is 9.13 Å². The molecule has 3 aromatic rings. The first kappa shape index (κ1) is 22.4. The van der Waals surface area contributed by atoms with E-state index < -0.39 is 0 Å². The summed E-state index contributed by atoms with van der Waals surface area (Å²) in [5.41, 5.74) is 9.62. The number of fused-ring (bicyclic) bond motifs is 1. The van der Waals surface area contributed by atoms with Crippen molar-refractivity contribution in [3.05, 3.63) is 59.1 Å². The van der Waals surface area contributed by atoms with Crippen molar-refractivity contribution in [2.45, 2.75) is 45.2 Å². The molecule has 2 N–H and O–H groups in total. The number of nitrogen functional groups attached to an aromatic ring is 1. The van der Waals surface area contributed by atoms with E-state index in [-0.39, 0.29) is 23.6 Å². The number of ether oxygens (including phenoxy) is 1. The summed E-state index contributed by atoms with van der Waals surface area (Å²) >= 11 is 0. The van der Waals surface area contributed by atoms with E-state index in [9.17, 15) is 9.65 Å². The average molecular weight is 461 g/mol. The van der Waals surface area contributed by atoms with Crippen molar-refractivity contribution in [2.24, 2.45) is 5.92 Å². The SMILES string of the molecule is N#Cc1cc2c(N)nc(OCC3CC=C(F)CC3)nc2n1Cc1ccc(CN2CCCC2)cc1. The molecule has 1 aliphatic carbocycles. The van der Waals surface area contributed by atoms with Crippen molar-refractivity contribution in [3.63, 3.8) is 0 Å². The van der Waals surface area contributed by atoms with Gasteiger partial charge in [-0.05, 0) is 68.3 Å². The molecule has 1 aliphatic heterocycles. The number of anilines is 1. The van der Waals surface area contributed by atoms with Crippen LogP contribution in [0, 0.1) is 17.2 Å². The Morgan fingerprint density at radius 1 is 1.12 bits per heavy atom. The highest BCUT2D eigenvalue weighted by molar-refractivity contribution is 5.88. The van der Waals surface area contributed by atoms with Crippen LogP contribution in [0.4, 0.5) is 10.2 Å². The highest BCUT2D eigenvalue weighted by Gasteiger charge is 2.19. The summed E-state index contributed by atoms with van der Waals surface area (Å²) in [6.45, 7) is 4.22. The number of rotatable bonds is 7. The molecule has 176 valence electrons. The molecule has 2 aromatic heterocycles. The normalized spacial score (nSPS) is 18.7. The van der Waals surface area contributed by atoms with Crippen molar-refractivity contribution in [2.75, 3.05) is 25.4 Å². The monoisotopic (exact) mass is 460 g/mol. The molecule has 0 bridgehead atoms. The molecule has 1 saturated heterocycles. The summed E-state index contributed by atoms with van der Waals surface area (Å²) in [6, 6.07) is 12.7. The quantitative estimate of drug-likeness (QED) is 0.556. The molecule has 0 radical (unpaired) electrons. The number of allylic oxidation sites excluding steroid dienone is 2. The minimum atomic E-state index is -0.0518. The van der Waals surface area contributed by atoms with Crippen LogP contribution in [0.5, 0.6) is 6.01 Å². The van der Waals surface area contributed by atoms with E-state index in [4.69, 9.17) is 10.5 Å². The summed E-state index contributed by atoms with van der Waals surface area (Å²) in [7, 11) is 0. The number of hydrogen-bond acceptors (Lipinski definition) is 6. The molecule has 0 saturated carbocycles. The molecule has 8 heteroatoms. The Labute approximate surface area is 198 Å². The minimum absolute atomic E-state index is 0.0518. The number of nitriles is 1. The van der Waals surface area contributed by atoms with Gasteiger partial charge in [-0.2, -0.15) is 15.2 Å². The summed E-state index contributed by atoms with van der Waals surface area (Å²) in [5, 5.41) is 10.4. The molecule has 34 heavy (non-hydrogen) atoms. The molecule has 1 fully saturated rings. The standard InChI is InChI=1S/C26H29FN6O/c27-21-9-7-20(8-10-21)17-34-26-30-24(29)23-13-22(14-28)33(25(23)31-26)16-19-5-3-18(4-6-19)15-32-11-1-2-12-32/h3-6,9,13,20H,1-2,7-8,10-12,15-17H2,(H2,29,30,31). The van der Waals surface area contributed by atoms with Gasteiger partial charge >= 0.3 is 6.01 Å². The fourth-order valence-corrected chi connectivity index (χ4v) is 4.78. The largest absolute Gasteiger partial charge is 0.463 e. The first-order valence-electron chi connectivity index (χ1n) is 11.9. The second-order valence-electron chi connectivity index (χ2n) is 9.26. The Hall–Kier alpha value is -3.44. The van der Waals surface area contributed by atoms with Gasteiger partial charge in [0, 0.05) is 6.54 Å². The zero-order valence-corrected chi connectivity index (χ0v) is 19.2. The van der Waals surface area contributed by atoms with E-state index >= 15 is 0 Å². The lowest BCUT2D eigenvalue weighted by Crippen LogP contribution is -2.18. The van der Waals surface area contributed by atoms with Crippen LogP contribution >= 0.6 is 0 Å². The molecule has 1 aromatic carbocycles. The molecule has 1 atom stereocenters. The van der Waals surface area contributed by atoms with Crippen LogP contribution in [0.25, 0.3) is 11.0 Å². The van der Waals surface area contributed by atoms with Gasteiger partial charge < -0.3 is 15.0 Å². The number of benzene rings is 1. The van der Waals surface area contributed by atoms with Crippen LogP contribution < -0.4 is 10.5 Å². The third-order valence-corrected chi connectivity index (χ3v) is 6.76. The molecule has 5 rings (SSSR count). The molecular formula is C26H29FN6O. The second kappa shape index (κ2) is 9.82. The lowest BCUT2D eigenvalue weighted by atomic mass is 9.95. The number of nitrogens with zero attached hydrogens (tertiary/aromatic N) is 5. The lowest BCUT2D eigenvalue weighted by molar-refractivity contribution is 0.218. The maximum Gasteiger partial charge on any atom is 0.320 e. The van der Waals surface area contributed by atoms with Gasteiger partial charge in [0.2, 0.25) is 0 Å². The van der Waals surface area contributed by atoms with Crippen molar-refractivity contribution in [1.29, 1.82) is 5.26 Å². The highest BCUT2D eigenvalue weighted by Crippen LogP contribution is 2.28. The smallest absolute Gasteiger partial charge is 0.320 e. The Kier molecular flexibility index (Phi) is 6.45. The fraction of sp³-hybridized carbons (Fsp3) is 0.423. The van der Waals surface area contributed by atoms with Gasteiger partial charge in [-0.1, -0.05) is 30.3 Å². The lowest BCUT2D eigenvalue weighted by Gasteiger charge is -2.18. The van der Waals surface area contributed by atoms with Gasteiger partial charge in [0.05, 0.1) is 24.4 Å². The van der Waals surface area contributed by atoms with E-state index in [0.29, 0.717) is 42.7 Å². The number of hydrogen-bond donors (Lipinski definition) is 1. The average Bonchev–Trinajstić information content (AvgIpc) is 3.48. The zero-order valence-electron chi connectivity index (χ0n) is 19.2. The van der Waals surface area contributed by atoms with Crippen LogP contribution in [0.15, 0.2) is 42.2 Å². The molecule has 2 aliphatic rings. The minimum Gasteiger partial charge on any atom is -0.463 e. The predicted molar refractivity (Wildman–Crippen MR) is 129 cm³/mol. The first-order chi connectivity index (χ1) is 16.6. The van der Waals surface area contributed by atoms with Crippen LogP contribution in [-0.4, -0.2) is 39.1 Å². The van der Waals surface area contributed by atoms with Gasteiger partial charge in [0.1, 0.15) is 17.6 Å². The Bertz CT molecular complexity index is 1240. The Morgan fingerprint density at radius 2 is 1.85 bits per heavy atom. The summed E-state index contributed by atoms with van der Waals surface area (Å²) < 4.78 is 21.0. The van der Waals surface area contributed by atoms with E-state index in [1.54, 1.807) is 12.1 Å². The Balaban J connectivity index is 1.35. The highest BCUT2D eigenvalue weighted by atomic mass is 19.1. The molecule has 7 nitrogen and oxygen atoms in total. The molecule has 0 spiro atoms. The first-order valence-corrected chi connectivity index (χ1v) is 11.9. The van der Waals surface area contributed by atoms with Crippen LogP contribution in [0.1, 0.15) is 48.9 Å². The van der Waals surface area contributed by atoms with E-state index in [1.165, 1.54) is 31.5 Å². The molecule has 1 unspecified atom stereocenters. The maximum atomic E-state index is 13.3. The van der Waals surface area contributed by atoms with Gasteiger partial charge in [0.25, 0.3) is 0 Å². The Morgan fingerprint density at radius 3 is 2.53 bits per heavy atom.